The molecule has 1 saturated carbocycles. The third-order valence-electron chi connectivity index (χ3n) is 5.42. The first-order chi connectivity index (χ1) is 13.9. The number of aliphatic hydroxyl groups is 1. The third-order valence-corrected chi connectivity index (χ3v) is 5.74. The first-order valence-electron chi connectivity index (χ1n) is 9.76. The highest BCUT2D eigenvalue weighted by molar-refractivity contribution is 6.32. The number of nitrogens with zero attached hydrogens (tertiary/aromatic N) is 1. The zero-order valence-corrected chi connectivity index (χ0v) is 17.1. The van der Waals surface area contributed by atoms with Crippen LogP contribution in [0.3, 0.4) is 0 Å². The van der Waals surface area contributed by atoms with Crippen LogP contribution in [0.25, 0.3) is 0 Å². The maximum atomic E-state index is 13.1. The van der Waals surface area contributed by atoms with Gasteiger partial charge in [0.2, 0.25) is 5.60 Å². The van der Waals surface area contributed by atoms with Gasteiger partial charge in [0, 0.05) is 17.2 Å². The lowest BCUT2D eigenvalue weighted by Gasteiger charge is -2.33. The van der Waals surface area contributed by atoms with Crippen molar-refractivity contribution in [1.29, 1.82) is 5.26 Å². The maximum absolute atomic E-state index is 13.1. The molecule has 0 saturated heterocycles. The van der Waals surface area contributed by atoms with Gasteiger partial charge in [0.05, 0.1) is 10.6 Å². The van der Waals surface area contributed by atoms with Crippen molar-refractivity contribution in [1.82, 2.24) is 0 Å². The summed E-state index contributed by atoms with van der Waals surface area (Å²) in [5.41, 5.74) is 0.724. The Labute approximate surface area is 176 Å². The predicted molar refractivity (Wildman–Crippen MR) is 114 cm³/mol. The van der Waals surface area contributed by atoms with E-state index in [0.29, 0.717) is 11.3 Å². The van der Waals surface area contributed by atoms with E-state index in [0.717, 1.165) is 43.2 Å². The monoisotopic (exact) mass is 406 g/mol. The Balaban J connectivity index is 1.92. The molecular weight excluding hydrogens is 384 g/mol. The molecule has 1 aliphatic carbocycles. The summed E-state index contributed by atoms with van der Waals surface area (Å²) >= 11 is 6.07. The maximum Gasteiger partial charge on any atom is 0.269 e. The lowest BCUT2D eigenvalue weighted by atomic mass is 9.76. The zero-order valence-electron chi connectivity index (χ0n) is 16.3. The minimum atomic E-state index is -1.80. The minimum absolute atomic E-state index is 0.235. The van der Waals surface area contributed by atoms with Gasteiger partial charge in [-0.3, -0.25) is 4.79 Å². The lowest BCUT2D eigenvalue weighted by molar-refractivity contribution is -0.134. The van der Waals surface area contributed by atoms with E-state index in [9.17, 15) is 9.90 Å². The van der Waals surface area contributed by atoms with Crippen molar-refractivity contribution < 1.29 is 9.90 Å². The topological polar surface area (TPSA) is 73.1 Å². The molecule has 0 aliphatic heterocycles. The van der Waals surface area contributed by atoms with Gasteiger partial charge in [-0.1, -0.05) is 60.9 Å². The van der Waals surface area contributed by atoms with Gasteiger partial charge in [0.1, 0.15) is 6.07 Å². The molecule has 0 heterocycles. The second kappa shape index (κ2) is 9.14. The molecule has 5 heteroatoms. The highest BCUT2D eigenvalue weighted by Gasteiger charge is 2.43. The first-order valence-corrected chi connectivity index (χ1v) is 10.1. The summed E-state index contributed by atoms with van der Waals surface area (Å²) < 4.78 is 0. The van der Waals surface area contributed by atoms with Crippen molar-refractivity contribution in [2.24, 2.45) is 5.92 Å². The number of nitrogens with one attached hydrogen (secondary N) is 1. The molecule has 2 aromatic carbocycles. The van der Waals surface area contributed by atoms with E-state index in [1.54, 1.807) is 6.07 Å². The number of hydrogen-bond acceptors (Lipinski definition) is 3. The Morgan fingerprint density at radius 2 is 1.90 bits per heavy atom. The van der Waals surface area contributed by atoms with E-state index in [1.165, 1.54) is 12.1 Å². The second-order valence-electron chi connectivity index (χ2n) is 7.43. The van der Waals surface area contributed by atoms with Crippen LogP contribution in [0.2, 0.25) is 5.02 Å². The molecule has 1 unspecified atom stereocenters. The SMILES string of the molecule is Cc1ccccc1C#CC(O)(C(=O)Nc1ccc(C#N)c(Cl)c1)C1CCCCC1. The first kappa shape index (κ1) is 20.9. The fraction of sp³-hybridized carbons (Fsp3) is 0.333. The highest BCUT2D eigenvalue weighted by atomic mass is 35.5. The number of carbonyl (C=O) groups is 1. The largest absolute Gasteiger partial charge is 0.369 e. The quantitative estimate of drug-likeness (QED) is 0.717. The van der Waals surface area contributed by atoms with E-state index < -0.39 is 11.5 Å². The van der Waals surface area contributed by atoms with Crippen molar-refractivity contribution in [3.63, 3.8) is 0 Å². The van der Waals surface area contributed by atoms with Gasteiger partial charge in [-0.2, -0.15) is 5.26 Å². The van der Waals surface area contributed by atoms with Crippen molar-refractivity contribution in [2.45, 2.75) is 44.6 Å². The number of aryl methyl sites for hydroxylation is 1. The van der Waals surface area contributed by atoms with Gasteiger partial charge in [-0.25, -0.2) is 0 Å². The van der Waals surface area contributed by atoms with Gasteiger partial charge < -0.3 is 10.4 Å². The molecule has 148 valence electrons. The van der Waals surface area contributed by atoms with Crippen LogP contribution in [0, 0.1) is 36.0 Å². The molecule has 1 atom stereocenters. The summed E-state index contributed by atoms with van der Waals surface area (Å²) in [7, 11) is 0. The number of nitriles is 1. The Morgan fingerprint density at radius 1 is 1.17 bits per heavy atom. The molecule has 0 radical (unpaired) electrons. The van der Waals surface area contributed by atoms with Crippen LogP contribution in [0.1, 0.15) is 48.8 Å². The van der Waals surface area contributed by atoms with Gasteiger partial charge in [-0.15, -0.1) is 0 Å². The number of amides is 1. The van der Waals surface area contributed by atoms with E-state index in [2.05, 4.69) is 17.2 Å². The summed E-state index contributed by atoms with van der Waals surface area (Å²) in [5, 5.41) is 23.4. The fourth-order valence-corrected chi connectivity index (χ4v) is 3.87. The van der Waals surface area contributed by atoms with Crippen LogP contribution in [0.5, 0.6) is 0 Å². The lowest BCUT2D eigenvalue weighted by Crippen LogP contribution is -2.49. The van der Waals surface area contributed by atoms with Crippen LogP contribution in [0.4, 0.5) is 5.69 Å². The van der Waals surface area contributed by atoms with Crippen molar-refractivity contribution in [3.8, 4) is 17.9 Å². The molecule has 0 bridgehead atoms. The van der Waals surface area contributed by atoms with Gasteiger partial charge >= 0.3 is 0 Å². The minimum Gasteiger partial charge on any atom is -0.369 e. The smallest absolute Gasteiger partial charge is 0.269 e. The van der Waals surface area contributed by atoms with E-state index in [-0.39, 0.29) is 10.9 Å². The van der Waals surface area contributed by atoms with Gasteiger partial charge in [0.25, 0.3) is 5.91 Å². The number of hydrogen-bond donors (Lipinski definition) is 2. The molecule has 2 N–H and O–H groups in total. The molecule has 4 nitrogen and oxygen atoms in total. The van der Waals surface area contributed by atoms with Gasteiger partial charge in [-0.05, 0) is 49.6 Å². The summed E-state index contributed by atoms with van der Waals surface area (Å²) in [4.78, 5) is 13.1. The Kier molecular flexibility index (Phi) is 6.60. The summed E-state index contributed by atoms with van der Waals surface area (Å²) in [6.07, 6.45) is 4.54. The van der Waals surface area contributed by atoms with Crippen LogP contribution in [-0.4, -0.2) is 16.6 Å². The third kappa shape index (κ3) is 4.80. The van der Waals surface area contributed by atoms with E-state index >= 15 is 0 Å². The standard InChI is InChI=1S/C24H23ClN2O2/c1-17-7-5-6-8-18(17)13-14-24(29,20-9-3-2-4-10-20)23(28)27-21-12-11-19(16-26)22(25)15-21/h5-8,11-12,15,20,29H,2-4,9-10H2,1H3,(H,27,28). The molecule has 1 aliphatic rings. The normalized spacial score (nSPS) is 16.1. The molecular formula is C24H23ClN2O2. The Hall–Kier alpha value is -2.79. The molecule has 1 fully saturated rings. The molecule has 1 amide bonds. The number of rotatable bonds is 3. The fourth-order valence-electron chi connectivity index (χ4n) is 3.65. The molecule has 3 rings (SSSR count). The number of carbonyl (C=O) groups excluding carboxylic acids is 1. The zero-order chi connectivity index (χ0) is 20.9. The summed E-state index contributed by atoms with van der Waals surface area (Å²) in [6, 6.07) is 14.3. The number of halogens is 1. The summed E-state index contributed by atoms with van der Waals surface area (Å²) in [6.45, 7) is 1.95. The van der Waals surface area contributed by atoms with Gasteiger partial charge in [0.15, 0.2) is 0 Å². The Bertz CT molecular complexity index is 1010. The van der Waals surface area contributed by atoms with Crippen LogP contribution in [0.15, 0.2) is 42.5 Å². The molecule has 0 spiro atoms. The average molecular weight is 407 g/mol. The summed E-state index contributed by atoms with van der Waals surface area (Å²) in [5.74, 6) is 5.11. The number of anilines is 1. The van der Waals surface area contributed by atoms with Crippen molar-refractivity contribution in [2.75, 3.05) is 5.32 Å². The molecule has 2 aromatic rings. The van der Waals surface area contributed by atoms with E-state index in [1.807, 2.05) is 37.3 Å². The predicted octanol–water partition coefficient (Wildman–Crippen LogP) is 4.82. The Morgan fingerprint density at radius 3 is 2.55 bits per heavy atom. The van der Waals surface area contributed by atoms with E-state index in [4.69, 9.17) is 16.9 Å². The van der Waals surface area contributed by atoms with Crippen LogP contribution < -0.4 is 5.32 Å². The van der Waals surface area contributed by atoms with Crippen molar-refractivity contribution >= 4 is 23.2 Å². The van der Waals surface area contributed by atoms with Crippen LogP contribution >= 0.6 is 11.6 Å². The molecule has 0 aromatic heterocycles. The highest BCUT2D eigenvalue weighted by Crippen LogP contribution is 2.34. The number of benzene rings is 2. The second-order valence-corrected chi connectivity index (χ2v) is 7.83. The van der Waals surface area contributed by atoms with Crippen LogP contribution in [-0.2, 0) is 4.79 Å². The van der Waals surface area contributed by atoms with Crippen molar-refractivity contribution in [3.05, 3.63) is 64.2 Å². The molecule has 29 heavy (non-hydrogen) atoms. The average Bonchev–Trinajstić information content (AvgIpc) is 2.73.